The van der Waals surface area contributed by atoms with Crippen molar-refractivity contribution < 1.29 is 14.7 Å². The molecule has 6 heteroatoms. The van der Waals surface area contributed by atoms with E-state index in [9.17, 15) is 9.59 Å². The SMILES string of the molecule is CC(C)C(NC(=O)N1CCCC(N)C1)C(=O)O. The number of aliphatic carboxylic acids is 1. The third-order valence-corrected chi connectivity index (χ3v) is 2.96. The molecule has 2 atom stereocenters. The van der Waals surface area contributed by atoms with Crippen molar-refractivity contribution >= 4 is 12.0 Å². The minimum atomic E-state index is -1.00. The Morgan fingerprint density at radius 1 is 1.47 bits per heavy atom. The summed E-state index contributed by atoms with van der Waals surface area (Å²) in [6.45, 7) is 4.67. The topological polar surface area (TPSA) is 95.7 Å². The molecule has 0 radical (unpaired) electrons. The number of rotatable bonds is 3. The van der Waals surface area contributed by atoms with Gasteiger partial charge in [-0.1, -0.05) is 13.8 Å². The summed E-state index contributed by atoms with van der Waals surface area (Å²) < 4.78 is 0. The molecule has 0 saturated carbocycles. The van der Waals surface area contributed by atoms with Gasteiger partial charge in [-0.15, -0.1) is 0 Å². The summed E-state index contributed by atoms with van der Waals surface area (Å²) in [7, 11) is 0. The van der Waals surface area contributed by atoms with Crippen LogP contribution in [0.1, 0.15) is 26.7 Å². The summed E-state index contributed by atoms with van der Waals surface area (Å²) in [5, 5.41) is 11.5. The Morgan fingerprint density at radius 2 is 2.12 bits per heavy atom. The molecular formula is C11H21N3O3. The molecule has 4 N–H and O–H groups in total. The van der Waals surface area contributed by atoms with Crippen molar-refractivity contribution in [2.75, 3.05) is 13.1 Å². The van der Waals surface area contributed by atoms with Gasteiger partial charge in [-0.25, -0.2) is 9.59 Å². The van der Waals surface area contributed by atoms with Crippen molar-refractivity contribution in [1.82, 2.24) is 10.2 Å². The van der Waals surface area contributed by atoms with Crippen LogP contribution < -0.4 is 11.1 Å². The molecule has 17 heavy (non-hydrogen) atoms. The molecule has 0 aromatic rings. The number of piperidine rings is 1. The van der Waals surface area contributed by atoms with Crippen molar-refractivity contribution in [2.24, 2.45) is 11.7 Å². The van der Waals surface area contributed by atoms with E-state index >= 15 is 0 Å². The predicted octanol–water partition coefficient (Wildman–Crippen LogP) is 0.228. The second-order valence-electron chi connectivity index (χ2n) is 4.86. The third-order valence-electron chi connectivity index (χ3n) is 2.96. The number of hydrogen-bond acceptors (Lipinski definition) is 3. The van der Waals surface area contributed by atoms with Gasteiger partial charge >= 0.3 is 12.0 Å². The highest BCUT2D eigenvalue weighted by Gasteiger charge is 2.27. The fourth-order valence-electron chi connectivity index (χ4n) is 1.93. The second-order valence-corrected chi connectivity index (χ2v) is 4.86. The number of nitrogens with zero attached hydrogens (tertiary/aromatic N) is 1. The van der Waals surface area contributed by atoms with Gasteiger partial charge in [0, 0.05) is 19.1 Å². The van der Waals surface area contributed by atoms with Crippen LogP contribution in [0, 0.1) is 5.92 Å². The quantitative estimate of drug-likeness (QED) is 0.661. The zero-order chi connectivity index (χ0) is 13.0. The lowest BCUT2D eigenvalue weighted by atomic mass is 10.0. The molecule has 1 fully saturated rings. The Labute approximate surface area is 101 Å². The molecule has 0 aromatic carbocycles. The predicted molar refractivity (Wildman–Crippen MR) is 63.6 cm³/mol. The van der Waals surface area contributed by atoms with Gasteiger partial charge in [0.15, 0.2) is 0 Å². The molecule has 2 amide bonds. The van der Waals surface area contributed by atoms with Crippen LogP contribution >= 0.6 is 0 Å². The van der Waals surface area contributed by atoms with Gasteiger partial charge in [-0.2, -0.15) is 0 Å². The molecule has 1 rings (SSSR count). The Hall–Kier alpha value is -1.30. The lowest BCUT2D eigenvalue weighted by Crippen LogP contribution is -2.54. The normalized spacial score (nSPS) is 22.4. The largest absolute Gasteiger partial charge is 0.480 e. The van der Waals surface area contributed by atoms with Crippen LogP contribution in [0.5, 0.6) is 0 Å². The Morgan fingerprint density at radius 3 is 2.59 bits per heavy atom. The summed E-state index contributed by atoms with van der Waals surface area (Å²) in [6, 6.07) is -1.18. The summed E-state index contributed by atoms with van der Waals surface area (Å²) in [4.78, 5) is 24.4. The average Bonchev–Trinajstić information content (AvgIpc) is 2.24. The lowest BCUT2D eigenvalue weighted by Gasteiger charge is -2.32. The first-order chi connectivity index (χ1) is 7.91. The van der Waals surface area contributed by atoms with Gasteiger partial charge in [0.1, 0.15) is 6.04 Å². The van der Waals surface area contributed by atoms with E-state index in [-0.39, 0.29) is 18.0 Å². The van der Waals surface area contributed by atoms with Crippen molar-refractivity contribution in [3.8, 4) is 0 Å². The van der Waals surface area contributed by atoms with E-state index in [2.05, 4.69) is 5.32 Å². The molecule has 1 saturated heterocycles. The van der Waals surface area contributed by atoms with E-state index in [1.165, 1.54) is 0 Å². The molecular weight excluding hydrogens is 222 g/mol. The highest BCUT2D eigenvalue weighted by molar-refractivity contribution is 5.82. The molecule has 2 unspecified atom stereocenters. The number of amides is 2. The zero-order valence-electron chi connectivity index (χ0n) is 10.3. The van der Waals surface area contributed by atoms with Crippen molar-refractivity contribution in [2.45, 2.75) is 38.8 Å². The molecule has 98 valence electrons. The van der Waals surface area contributed by atoms with Crippen LogP contribution in [-0.2, 0) is 4.79 Å². The monoisotopic (exact) mass is 243 g/mol. The summed E-state index contributed by atoms with van der Waals surface area (Å²) in [5.74, 6) is -1.15. The Balaban J connectivity index is 2.54. The number of nitrogens with two attached hydrogens (primary N) is 1. The van der Waals surface area contributed by atoms with E-state index < -0.39 is 12.0 Å². The maximum Gasteiger partial charge on any atom is 0.326 e. The number of nitrogens with one attached hydrogen (secondary N) is 1. The zero-order valence-corrected chi connectivity index (χ0v) is 10.3. The molecule has 1 aliphatic rings. The van der Waals surface area contributed by atoms with Crippen molar-refractivity contribution in [3.63, 3.8) is 0 Å². The fourth-order valence-corrected chi connectivity index (χ4v) is 1.93. The maximum absolute atomic E-state index is 11.9. The van der Waals surface area contributed by atoms with Crippen LogP contribution in [0.2, 0.25) is 0 Å². The lowest BCUT2D eigenvalue weighted by molar-refractivity contribution is -0.140. The first-order valence-corrected chi connectivity index (χ1v) is 5.95. The van der Waals surface area contributed by atoms with E-state index in [1.807, 2.05) is 0 Å². The molecule has 6 nitrogen and oxygen atoms in total. The number of hydrogen-bond donors (Lipinski definition) is 3. The first-order valence-electron chi connectivity index (χ1n) is 5.95. The Bertz CT molecular complexity index is 294. The number of urea groups is 1. The standard InChI is InChI=1S/C11H21N3O3/c1-7(2)9(10(15)16)13-11(17)14-5-3-4-8(12)6-14/h7-9H,3-6,12H2,1-2H3,(H,13,17)(H,15,16). The van der Waals surface area contributed by atoms with Gasteiger partial charge in [0.25, 0.3) is 0 Å². The second kappa shape index (κ2) is 5.86. The third kappa shape index (κ3) is 3.89. The smallest absolute Gasteiger partial charge is 0.326 e. The van der Waals surface area contributed by atoms with Crippen molar-refractivity contribution in [3.05, 3.63) is 0 Å². The van der Waals surface area contributed by atoms with Crippen LogP contribution in [0.25, 0.3) is 0 Å². The number of likely N-dealkylation sites (tertiary alicyclic amines) is 1. The molecule has 1 heterocycles. The van der Waals surface area contributed by atoms with Gasteiger partial charge in [-0.05, 0) is 18.8 Å². The summed E-state index contributed by atoms with van der Waals surface area (Å²) >= 11 is 0. The molecule has 0 aliphatic carbocycles. The maximum atomic E-state index is 11.9. The highest BCUT2D eigenvalue weighted by Crippen LogP contribution is 2.09. The fraction of sp³-hybridized carbons (Fsp3) is 0.818. The minimum Gasteiger partial charge on any atom is -0.480 e. The van der Waals surface area contributed by atoms with Crippen LogP contribution in [-0.4, -0.2) is 47.2 Å². The molecule has 0 aromatic heterocycles. The number of carboxylic acid groups (broad SMARTS) is 1. The van der Waals surface area contributed by atoms with Crippen LogP contribution in [0.15, 0.2) is 0 Å². The van der Waals surface area contributed by atoms with Crippen LogP contribution in [0.3, 0.4) is 0 Å². The van der Waals surface area contributed by atoms with Crippen LogP contribution in [0.4, 0.5) is 4.79 Å². The van der Waals surface area contributed by atoms with E-state index in [4.69, 9.17) is 10.8 Å². The summed E-state index contributed by atoms with van der Waals surface area (Å²) in [5.41, 5.74) is 5.78. The number of carboxylic acids is 1. The molecule has 1 aliphatic heterocycles. The van der Waals surface area contributed by atoms with E-state index in [1.54, 1.807) is 18.7 Å². The first kappa shape index (κ1) is 13.8. The van der Waals surface area contributed by atoms with Gasteiger partial charge < -0.3 is 21.1 Å². The molecule has 0 spiro atoms. The number of carbonyl (C=O) groups excluding carboxylic acids is 1. The van der Waals surface area contributed by atoms with E-state index in [0.29, 0.717) is 13.1 Å². The summed E-state index contributed by atoms with van der Waals surface area (Å²) in [6.07, 6.45) is 1.78. The van der Waals surface area contributed by atoms with Gasteiger partial charge in [-0.3, -0.25) is 0 Å². The van der Waals surface area contributed by atoms with E-state index in [0.717, 1.165) is 12.8 Å². The van der Waals surface area contributed by atoms with Gasteiger partial charge in [0.05, 0.1) is 0 Å². The minimum absolute atomic E-state index is 0.00294. The molecule has 0 bridgehead atoms. The van der Waals surface area contributed by atoms with Crippen molar-refractivity contribution in [1.29, 1.82) is 0 Å². The highest BCUT2D eigenvalue weighted by atomic mass is 16.4. The Kier molecular flexibility index (Phi) is 4.74. The van der Waals surface area contributed by atoms with Gasteiger partial charge in [0.2, 0.25) is 0 Å². The average molecular weight is 243 g/mol. The number of carbonyl (C=O) groups is 2.